The summed E-state index contributed by atoms with van der Waals surface area (Å²) in [5.74, 6) is 0.0214. The Bertz CT molecular complexity index is 661. The molecule has 3 atom stereocenters. The van der Waals surface area contributed by atoms with Gasteiger partial charge in [0.25, 0.3) is 0 Å². The number of hydrogen-bond donors (Lipinski definition) is 1. The second-order valence-corrected chi connectivity index (χ2v) is 8.46. The van der Waals surface area contributed by atoms with E-state index in [2.05, 4.69) is 43.2 Å². The zero-order valence-corrected chi connectivity index (χ0v) is 17.5. The predicted octanol–water partition coefficient (Wildman–Crippen LogP) is 4.74. The lowest BCUT2D eigenvalue weighted by Gasteiger charge is -2.35. The third-order valence-corrected chi connectivity index (χ3v) is 5.12. The number of aliphatic hydroxyl groups excluding tert-OH is 1. The van der Waals surface area contributed by atoms with Crippen molar-refractivity contribution in [2.75, 3.05) is 7.05 Å². The van der Waals surface area contributed by atoms with Gasteiger partial charge in [0.05, 0.1) is 6.10 Å². The molecule has 1 fully saturated rings. The molecule has 0 radical (unpaired) electrons. The molecule has 1 aliphatic rings. The van der Waals surface area contributed by atoms with E-state index in [-0.39, 0.29) is 11.8 Å². The van der Waals surface area contributed by atoms with Crippen molar-refractivity contribution >= 4 is 11.8 Å². The van der Waals surface area contributed by atoms with Crippen LogP contribution < -0.4 is 0 Å². The van der Waals surface area contributed by atoms with Crippen molar-refractivity contribution < 1.29 is 14.6 Å². The molecule has 150 valence electrons. The molecule has 0 saturated heterocycles. The first-order valence-electron chi connectivity index (χ1n) is 9.93. The molecule has 0 aromatic heterocycles. The van der Waals surface area contributed by atoms with Gasteiger partial charge >= 0.3 is 6.09 Å². The summed E-state index contributed by atoms with van der Waals surface area (Å²) in [6.07, 6.45) is 2.50. The second kappa shape index (κ2) is 8.87. The van der Waals surface area contributed by atoms with E-state index in [1.807, 2.05) is 20.8 Å². The van der Waals surface area contributed by atoms with Crippen LogP contribution in [0.1, 0.15) is 70.9 Å². The molecule has 5 nitrogen and oxygen atoms in total. The van der Waals surface area contributed by atoms with Crippen LogP contribution in [-0.2, 0) is 11.2 Å². The van der Waals surface area contributed by atoms with Gasteiger partial charge in [0, 0.05) is 18.7 Å². The van der Waals surface area contributed by atoms with E-state index in [1.165, 1.54) is 16.1 Å². The van der Waals surface area contributed by atoms with Crippen LogP contribution in [0.4, 0.5) is 4.79 Å². The Balaban J connectivity index is 2.23. The molecular weight excluding hydrogens is 340 g/mol. The van der Waals surface area contributed by atoms with Gasteiger partial charge < -0.3 is 9.84 Å². The summed E-state index contributed by atoms with van der Waals surface area (Å²) in [6.45, 7) is 9.77. The number of carbonyl (C=O) groups is 1. The van der Waals surface area contributed by atoms with Crippen molar-refractivity contribution in [3.05, 3.63) is 35.4 Å². The number of nitrogens with zero attached hydrogens (tertiary/aromatic N) is 2. The van der Waals surface area contributed by atoms with Gasteiger partial charge in [-0.15, -0.1) is 0 Å². The first kappa shape index (κ1) is 21.4. The fourth-order valence-electron chi connectivity index (χ4n) is 3.62. The van der Waals surface area contributed by atoms with Crippen LogP contribution in [0.3, 0.4) is 0 Å². The highest BCUT2D eigenvalue weighted by molar-refractivity contribution is 5.89. The average molecular weight is 375 g/mol. The van der Waals surface area contributed by atoms with Crippen molar-refractivity contribution in [3.8, 4) is 0 Å². The largest absolute Gasteiger partial charge is 0.442 e. The molecule has 0 aliphatic heterocycles. The molecule has 0 heterocycles. The molecule has 0 spiro atoms. The number of carbonyl (C=O) groups excluding carboxylic acids is 1. The van der Waals surface area contributed by atoms with E-state index in [0.29, 0.717) is 0 Å². The Morgan fingerprint density at radius 2 is 1.96 bits per heavy atom. The zero-order chi connectivity index (χ0) is 20.2. The Morgan fingerprint density at radius 3 is 2.52 bits per heavy atom. The number of benzene rings is 1. The van der Waals surface area contributed by atoms with Crippen molar-refractivity contribution in [1.29, 1.82) is 0 Å². The summed E-state index contributed by atoms with van der Waals surface area (Å²) in [5.41, 5.74) is 2.79. The molecular formula is C22H34N2O3. The van der Waals surface area contributed by atoms with Crippen LogP contribution in [0, 0.1) is 5.92 Å². The Kier molecular flexibility index (Phi) is 7.04. The summed E-state index contributed by atoms with van der Waals surface area (Å²) < 4.78 is 5.39. The fraction of sp³-hybridized carbons (Fsp3) is 0.636. The van der Waals surface area contributed by atoms with Gasteiger partial charge in [0.15, 0.2) is 0 Å². The molecule has 1 aromatic rings. The molecule has 27 heavy (non-hydrogen) atoms. The van der Waals surface area contributed by atoms with Gasteiger partial charge in [0.2, 0.25) is 0 Å². The lowest BCUT2D eigenvalue weighted by atomic mass is 9.74. The van der Waals surface area contributed by atoms with Crippen molar-refractivity contribution in [3.63, 3.8) is 0 Å². The molecule has 1 aliphatic carbocycles. The first-order valence-corrected chi connectivity index (χ1v) is 9.93. The SMILES string of the molecule is CCc1ccc(C(C)C2/C(=N\N(C)C(=O)OC(C)(C)C)CCCC2O)cc1. The zero-order valence-electron chi connectivity index (χ0n) is 17.5. The quantitative estimate of drug-likeness (QED) is 0.775. The number of rotatable bonds is 4. The molecule has 5 heteroatoms. The topological polar surface area (TPSA) is 62.1 Å². The minimum absolute atomic E-state index is 0.101. The highest BCUT2D eigenvalue weighted by Gasteiger charge is 2.35. The molecule has 1 N–H and O–H groups in total. The number of ether oxygens (including phenoxy) is 1. The van der Waals surface area contributed by atoms with E-state index in [9.17, 15) is 9.90 Å². The number of aliphatic hydroxyl groups is 1. The van der Waals surface area contributed by atoms with Crippen LogP contribution >= 0.6 is 0 Å². The predicted molar refractivity (Wildman–Crippen MR) is 109 cm³/mol. The highest BCUT2D eigenvalue weighted by atomic mass is 16.6. The second-order valence-electron chi connectivity index (χ2n) is 8.46. The third-order valence-electron chi connectivity index (χ3n) is 5.12. The van der Waals surface area contributed by atoms with Gasteiger partial charge in [-0.2, -0.15) is 5.10 Å². The smallest absolute Gasteiger partial charge is 0.430 e. The molecule has 2 rings (SSSR count). The van der Waals surface area contributed by atoms with Gasteiger partial charge in [-0.25, -0.2) is 9.80 Å². The number of hydrogen-bond acceptors (Lipinski definition) is 4. The van der Waals surface area contributed by atoms with Crippen LogP contribution in [0.2, 0.25) is 0 Å². The van der Waals surface area contributed by atoms with Crippen molar-refractivity contribution in [1.82, 2.24) is 5.01 Å². The normalized spacial score (nSPS) is 23.1. The monoisotopic (exact) mass is 374 g/mol. The van der Waals surface area contributed by atoms with Gasteiger partial charge in [-0.3, -0.25) is 0 Å². The summed E-state index contributed by atoms with van der Waals surface area (Å²) in [7, 11) is 1.61. The summed E-state index contributed by atoms with van der Waals surface area (Å²) in [5, 5.41) is 16.5. The standard InChI is InChI=1S/C22H34N2O3/c1-7-16-11-13-17(14-12-16)15(2)20-18(9-8-10-19(20)25)23-24(6)21(26)27-22(3,4)5/h11-15,19-20,25H,7-10H2,1-6H3/b23-18-. The van der Waals surface area contributed by atoms with E-state index in [4.69, 9.17) is 4.74 Å². The summed E-state index contributed by atoms with van der Waals surface area (Å²) >= 11 is 0. The van der Waals surface area contributed by atoms with Crippen LogP contribution in [0.25, 0.3) is 0 Å². The van der Waals surface area contributed by atoms with Crippen LogP contribution in [0.5, 0.6) is 0 Å². The van der Waals surface area contributed by atoms with E-state index < -0.39 is 17.8 Å². The number of aryl methyl sites for hydroxylation is 1. The Labute approximate surface area is 163 Å². The minimum Gasteiger partial charge on any atom is -0.442 e. The van der Waals surface area contributed by atoms with E-state index in [0.717, 1.165) is 31.4 Å². The van der Waals surface area contributed by atoms with Crippen molar-refractivity contribution in [2.45, 2.75) is 77.9 Å². The fourth-order valence-corrected chi connectivity index (χ4v) is 3.62. The third kappa shape index (κ3) is 5.80. The first-order chi connectivity index (χ1) is 12.6. The number of amides is 1. The van der Waals surface area contributed by atoms with Crippen LogP contribution in [-0.4, -0.2) is 40.7 Å². The Hall–Kier alpha value is -1.88. The lowest BCUT2D eigenvalue weighted by Crippen LogP contribution is -2.39. The van der Waals surface area contributed by atoms with Crippen molar-refractivity contribution in [2.24, 2.45) is 11.0 Å². The minimum atomic E-state index is -0.564. The van der Waals surface area contributed by atoms with E-state index in [1.54, 1.807) is 7.05 Å². The maximum atomic E-state index is 12.3. The molecule has 1 saturated carbocycles. The lowest BCUT2D eigenvalue weighted by molar-refractivity contribution is 0.0296. The molecule has 1 aromatic carbocycles. The van der Waals surface area contributed by atoms with Gasteiger partial charge in [0.1, 0.15) is 5.60 Å². The highest BCUT2D eigenvalue weighted by Crippen LogP contribution is 2.35. The maximum Gasteiger partial charge on any atom is 0.430 e. The molecule has 0 bridgehead atoms. The summed E-state index contributed by atoms with van der Waals surface area (Å²) in [6, 6.07) is 8.56. The molecule has 3 unspecified atom stereocenters. The molecule has 1 amide bonds. The summed E-state index contributed by atoms with van der Waals surface area (Å²) in [4.78, 5) is 12.3. The number of hydrazone groups is 1. The maximum absolute atomic E-state index is 12.3. The van der Waals surface area contributed by atoms with Crippen LogP contribution in [0.15, 0.2) is 29.4 Å². The average Bonchev–Trinajstić information content (AvgIpc) is 2.60. The van der Waals surface area contributed by atoms with E-state index >= 15 is 0 Å². The Morgan fingerprint density at radius 1 is 1.33 bits per heavy atom. The van der Waals surface area contributed by atoms with Gasteiger partial charge in [-0.05, 0) is 63.5 Å². The van der Waals surface area contributed by atoms with Gasteiger partial charge in [-0.1, -0.05) is 38.1 Å².